The number of benzene rings is 2. The first-order valence-electron chi connectivity index (χ1n) is 8.46. The van der Waals surface area contributed by atoms with Crippen LogP contribution in [0.25, 0.3) is 0 Å². The van der Waals surface area contributed by atoms with E-state index in [1.165, 1.54) is 12.0 Å². The highest BCUT2D eigenvalue weighted by molar-refractivity contribution is 9.10. The number of nitrogens with one attached hydrogen (secondary N) is 1. The van der Waals surface area contributed by atoms with Crippen LogP contribution < -0.4 is 14.8 Å². The molecule has 27 heavy (non-hydrogen) atoms. The largest absolute Gasteiger partial charge is 0.493 e. The third-order valence-electron chi connectivity index (χ3n) is 3.65. The molecule has 0 aliphatic heterocycles. The molecular formula is C20H23BrN2O4. The van der Waals surface area contributed by atoms with E-state index in [4.69, 9.17) is 9.47 Å². The highest BCUT2D eigenvalue weighted by atomic mass is 79.9. The van der Waals surface area contributed by atoms with Crippen molar-refractivity contribution in [3.8, 4) is 11.5 Å². The van der Waals surface area contributed by atoms with E-state index in [0.29, 0.717) is 22.7 Å². The number of hydrogen-bond acceptors (Lipinski definition) is 4. The van der Waals surface area contributed by atoms with Gasteiger partial charge in [-0.1, -0.05) is 12.1 Å². The Balaban J connectivity index is 2.06. The lowest BCUT2D eigenvalue weighted by molar-refractivity contribution is -0.116. The van der Waals surface area contributed by atoms with Gasteiger partial charge in [0, 0.05) is 17.1 Å². The van der Waals surface area contributed by atoms with Gasteiger partial charge in [0.2, 0.25) is 5.91 Å². The van der Waals surface area contributed by atoms with Gasteiger partial charge in [-0.2, -0.15) is 0 Å². The Morgan fingerprint density at radius 2 is 1.85 bits per heavy atom. The summed E-state index contributed by atoms with van der Waals surface area (Å²) in [5.74, 6) is 0.468. The third-order valence-corrected chi connectivity index (χ3v) is 4.34. The minimum atomic E-state index is -0.288. The Morgan fingerprint density at radius 3 is 2.48 bits per heavy atom. The first-order valence-corrected chi connectivity index (χ1v) is 9.25. The smallest absolute Gasteiger partial charge is 0.254 e. The molecule has 1 N–H and O–H groups in total. The Morgan fingerprint density at radius 1 is 1.15 bits per heavy atom. The van der Waals surface area contributed by atoms with Crippen LogP contribution in [0, 0.1) is 0 Å². The van der Waals surface area contributed by atoms with Crippen molar-refractivity contribution in [1.82, 2.24) is 4.90 Å². The topological polar surface area (TPSA) is 67.9 Å². The molecule has 2 amide bonds. The van der Waals surface area contributed by atoms with E-state index in [-0.39, 0.29) is 24.5 Å². The van der Waals surface area contributed by atoms with Crippen molar-refractivity contribution >= 4 is 33.4 Å². The van der Waals surface area contributed by atoms with Crippen LogP contribution in [0.4, 0.5) is 5.69 Å². The minimum Gasteiger partial charge on any atom is -0.493 e. The molecule has 0 heterocycles. The van der Waals surface area contributed by atoms with Crippen LogP contribution in [0.5, 0.6) is 11.5 Å². The van der Waals surface area contributed by atoms with Crippen molar-refractivity contribution in [3.63, 3.8) is 0 Å². The van der Waals surface area contributed by atoms with E-state index in [2.05, 4.69) is 21.2 Å². The predicted octanol–water partition coefficient (Wildman–Crippen LogP) is 3.96. The number of nitrogens with zero attached hydrogens (tertiary/aromatic N) is 1. The van der Waals surface area contributed by atoms with Gasteiger partial charge in [0.15, 0.2) is 11.5 Å². The van der Waals surface area contributed by atoms with E-state index >= 15 is 0 Å². The average Bonchev–Trinajstić information content (AvgIpc) is 2.62. The fourth-order valence-corrected chi connectivity index (χ4v) is 2.80. The third kappa shape index (κ3) is 5.72. The summed E-state index contributed by atoms with van der Waals surface area (Å²) >= 11 is 3.38. The fourth-order valence-electron chi connectivity index (χ4n) is 2.41. The first kappa shape index (κ1) is 20.8. The summed E-state index contributed by atoms with van der Waals surface area (Å²) < 4.78 is 11.7. The van der Waals surface area contributed by atoms with Crippen LogP contribution >= 0.6 is 15.9 Å². The van der Waals surface area contributed by atoms with Gasteiger partial charge in [0.25, 0.3) is 5.91 Å². The van der Waals surface area contributed by atoms with E-state index in [9.17, 15) is 9.59 Å². The summed E-state index contributed by atoms with van der Waals surface area (Å²) in [6.07, 6.45) is -0.0101. The Labute approximate surface area is 167 Å². The molecule has 0 radical (unpaired) electrons. The zero-order valence-electron chi connectivity index (χ0n) is 15.8. The van der Waals surface area contributed by atoms with Gasteiger partial charge in [-0.05, 0) is 60.1 Å². The number of likely N-dealkylation sites (N-methyl/N-ethyl adjacent to an activating group) is 1. The van der Waals surface area contributed by atoms with Gasteiger partial charge in [0.05, 0.1) is 25.4 Å². The van der Waals surface area contributed by atoms with Crippen molar-refractivity contribution in [1.29, 1.82) is 0 Å². The second-order valence-electron chi connectivity index (χ2n) is 6.22. The highest BCUT2D eigenvalue weighted by Crippen LogP contribution is 2.29. The monoisotopic (exact) mass is 434 g/mol. The van der Waals surface area contributed by atoms with Gasteiger partial charge in [-0.15, -0.1) is 0 Å². The SMILES string of the molecule is COc1cc(C(=O)N(C)CC(=O)Nc2ccccc2Br)ccc1OC(C)C. The molecule has 2 aromatic rings. The van der Waals surface area contributed by atoms with Crippen LogP contribution in [-0.2, 0) is 4.79 Å². The molecule has 6 nitrogen and oxygen atoms in total. The number of para-hydroxylation sites is 1. The Hall–Kier alpha value is -2.54. The number of hydrogen-bond donors (Lipinski definition) is 1. The standard InChI is InChI=1S/C20H23BrN2O4/c1-13(2)27-17-10-9-14(11-18(17)26-4)20(25)23(3)12-19(24)22-16-8-6-5-7-15(16)21/h5-11,13H,12H2,1-4H3,(H,22,24). The quantitative estimate of drug-likeness (QED) is 0.715. The number of ether oxygens (including phenoxy) is 2. The highest BCUT2D eigenvalue weighted by Gasteiger charge is 2.18. The zero-order valence-corrected chi connectivity index (χ0v) is 17.4. The number of anilines is 1. The first-order chi connectivity index (χ1) is 12.8. The maximum Gasteiger partial charge on any atom is 0.254 e. The minimum absolute atomic E-state index is 0.0101. The number of amides is 2. The van der Waals surface area contributed by atoms with Crippen molar-refractivity contribution in [2.75, 3.05) is 26.0 Å². The van der Waals surface area contributed by atoms with Crippen LogP contribution in [-0.4, -0.2) is 43.5 Å². The summed E-state index contributed by atoms with van der Waals surface area (Å²) in [5, 5.41) is 2.78. The van der Waals surface area contributed by atoms with Crippen LogP contribution in [0.2, 0.25) is 0 Å². The van der Waals surface area contributed by atoms with Crippen molar-refractivity contribution in [3.05, 3.63) is 52.5 Å². The molecule has 0 aromatic heterocycles. The van der Waals surface area contributed by atoms with Crippen LogP contribution in [0.3, 0.4) is 0 Å². The van der Waals surface area contributed by atoms with Gasteiger partial charge in [0.1, 0.15) is 0 Å². The van der Waals surface area contributed by atoms with E-state index < -0.39 is 0 Å². The van der Waals surface area contributed by atoms with Gasteiger partial charge >= 0.3 is 0 Å². The summed E-state index contributed by atoms with van der Waals surface area (Å²) in [4.78, 5) is 26.2. The van der Waals surface area contributed by atoms with Gasteiger partial charge in [-0.3, -0.25) is 9.59 Å². The lowest BCUT2D eigenvalue weighted by Crippen LogP contribution is -2.35. The number of rotatable bonds is 7. The number of carbonyl (C=O) groups is 2. The average molecular weight is 435 g/mol. The molecule has 0 atom stereocenters. The molecule has 0 saturated carbocycles. The maximum absolute atomic E-state index is 12.6. The molecule has 0 aliphatic carbocycles. The summed E-state index contributed by atoms with van der Waals surface area (Å²) in [5.41, 5.74) is 1.07. The normalized spacial score (nSPS) is 10.4. The van der Waals surface area contributed by atoms with Crippen LogP contribution in [0.1, 0.15) is 24.2 Å². The molecule has 2 aromatic carbocycles. The fraction of sp³-hybridized carbons (Fsp3) is 0.300. The van der Waals surface area contributed by atoms with Crippen molar-refractivity contribution in [2.24, 2.45) is 0 Å². The predicted molar refractivity (Wildman–Crippen MR) is 108 cm³/mol. The molecule has 7 heteroatoms. The lowest BCUT2D eigenvalue weighted by Gasteiger charge is -2.19. The molecule has 144 valence electrons. The lowest BCUT2D eigenvalue weighted by atomic mass is 10.1. The number of halogens is 1. The van der Waals surface area contributed by atoms with Gasteiger partial charge in [-0.25, -0.2) is 0 Å². The summed E-state index contributed by atoms with van der Waals surface area (Å²) in [7, 11) is 3.10. The second kappa shape index (κ2) is 9.41. The molecular weight excluding hydrogens is 412 g/mol. The van der Waals surface area contributed by atoms with Crippen LogP contribution in [0.15, 0.2) is 46.9 Å². The van der Waals surface area contributed by atoms with Crippen molar-refractivity contribution in [2.45, 2.75) is 20.0 Å². The molecule has 0 aliphatic rings. The van der Waals surface area contributed by atoms with Crippen molar-refractivity contribution < 1.29 is 19.1 Å². The Bertz CT molecular complexity index is 823. The number of methoxy groups -OCH3 is 1. The molecule has 0 unspecified atom stereocenters. The number of carbonyl (C=O) groups excluding carboxylic acids is 2. The van der Waals surface area contributed by atoms with E-state index in [1.807, 2.05) is 32.0 Å². The summed E-state index contributed by atoms with van der Waals surface area (Å²) in [6, 6.07) is 12.3. The van der Waals surface area contributed by atoms with E-state index in [1.54, 1.807) is 31.3 Å². The molecule has 0 spiro atoms. The summed E-state index contributed by atoms with van der Waals surface area (Å²) in [6.45, 7) is 3.75. The molecule has 0 bridgehead atoms. The van der Waals surface area contributed by atoms with Gasteiger partial charge < -0.3 is 19.7 Å². The molecule has 2 rings (SSSR count). The second-order valence-corrected chi connectivity index (χ2v) is 7.08. The Kier molecular flexibility index (Phi) is 7.24. The molecule has 0 saturated heterocycles. The zero-order chi connectivity index (χ0) is 20.0. The molecule has 0 fully saturated rings. The maximum atomic E-state index is 12.6. The van der Waals surface area contributed by atoms with E-state index in [0.717, 1.165) is 4.47 Å².